The monoisotopic (exact) mass is 524 g/mol. The van der Waals surface area contributed by atoms with Gasteiger partial charge >= 0.3 is 5.97 Å². The molecule has 1 atom stereocenters. The Balaban J connectivity index is 1.36. The Morgan fingerprint density at radius 3 is 2.54 bits per heavy atom. The van der Waals surface area contributed by atoms with E-state index in [0.717, 1.165) is 27.7 Å². The van der Waals surface area contributed by atoms with Crippen LogP contribution < -0.4 is 10.1 Å². The van der Waals surface area contributed by atoms with Crippen molar-refractivity contribution >= 4 is 22.8 Å². The number of aromatic nitrogens is 1. The fraction of sp³-hybridized carbons (Fsp3) is 0.333. The largest absolute Gasteiger partial charge is 0.478 e. The molecule has 39 heavy (non-hydrogen) atoms. The van der Waals surface area contributed by atoms with Gasteiger partial charge in [-0.1, -0.05) is 42.5 Å². The molecular weight excluding hydrogens is 488 g/mol. The van der Waals surface area contributed by atoms with Gasteiger partial charge in [-0.15, -0.1) is 0 Å². The fourth-order valence-electron chi connectivity index (χ4n) is 5.13. The number of carbonyl (C=O) groups excluding carboxylic acids is 1. The molecule has 1 aliphatic rings. The van der Waals surface area contributed by atoms with Crippen LogP contribution in [0, 0.1) is 6.92 Å². The molecule has 202 valence electrons. The predicted octanol–water partition coefficient (Wildman–Crippen LogP) is 6.69. The molecule has 1 fully saturated rings. The molecule has 4 aromatic rings. The number of aryl methyl sites for hydroxylation is 1. The van der Waals surface area contributed by atoms with Gasteiger partial charge in [0.2, 0.25) is 0 Å². The molecule has 5 rings (SSSR count). The molecule has 0 unspecified atom stereocenters. The molecule has 2 N–H and O–H groups in total. The van der Waals surface area contributed by atoms with Gasteiger partial charge < -0.3 is 19.7 Å². The minimum atomic E-state index is -1.32. The van der Waals surface area contributed by atoms with E-state index in [4.69, 9.17) is 4.74 Å². The lowest BCUT2D eigenvalue weighted by Gasteiger charge is -2.21. The lowest BCUT2D eigenvalue weighted by molar-refractivity contribution is -0.152. The molecule has 1 saturated carbocycles. The van der Waals surface area contributed by atoms with Crippen LogP contribution in [0.5, 0.6) is 5.75 Å². The molecule has 1 aromatic heterocycles. The summed E-state index contributed by atoms with van der Waals surface area (Å²) in [5.41, 5.74) is 6.11. The molecule has 0 aliphatic heterocycles. The third kappa shape index (κ3) is 5.56. The van der Waals surface area contributed by atoms with E-state index in [-0.39, 0.29) is 11.9 Å². The number of carbonyl (C=O) groups is 2. The van der Waals surface area contributed by atoms with Crippen molar-refractivity contribution in [1.29, 1.82) is 0 Å². The average molecular weight is 525 g/mol. The van der Waals surface area contributed by atoms with E-state index in [0.29, 0.717) is 23.7 Å². The van der Waals surface area contributed by atoms with Crippen LogP contribution in [0.4, 0.5) is 0 Å². The molecular formula is C33H36N2O4. The molecule has 0 saturated heterocycles. The maximum Gasteiger partial charge on any atom is 0.347 e. The van der Waals surface area contributed by atoms with Crippen molar-refractivity contribution in [3.8, 4) is 5.75 Å². The minimum Gasteiger partial charge on any atom is -0.478 e. The van der Waals surface area contributed by atoms with Gasteiger partial charge in [-0.05, 0) is 99.4 Å². The fourth-order valence-corrected chi connectivity index (χ4v) is 5.13. The number of benzene rings is 3. The van der Waals surface area contributed by atoms with Gasteiger partial charge in [0, 0.05) is 29.2 Å². The van der Waals surface area contributed by atoms with Crippen LogP contribution in [0.2, 0.25) is 0 Å². The van der Waals surface area contributed by atoms with Crippen molar-refractivity contribution in [2.24, 2.45) is 7.05 Å². The molecule has 6 nitrogen and oxygen atoms in total. The third-order valence-corrected chi connectivity index (χ3v) is 7.86. The van der Waals surface area contributed by atoms with E-state index in [1.165, 1.54) is 37.8 Å². The zero-order valence-corrected chi connectivity index (χ0v) is 23.2. The van der Waals surface area contributed by atoms with Crippen molar-refractivity contribution in [1.82, 2.24) is 9.88 Å². The van der Waals surface area contributed by atoms with Crippen molar-refractivity contribution in [2.45, 2.75) is 64.5 Å². The van der Waals surface area contributed by atoms with Crippen molar-refractivity contribution < 1.29 is 19.4 Å². The van der Waals surface area contributed by atoms with Crippen molar-refractivity contribution in [3.63, 3.8) is 0 Å². The Morgan fingerprint density at radius 1 is 1.08 bits per heavy atom. The van der Waals surface area contributed by atoms with Gasteiger partial charge in [0.25, 0.3) is 5.91 Å². The summed E-state index contributed by atoms with van der Waals surface area (Å²) in [5, 5.41) is 13.7. The summed E-state index contributed by atoms with van der Waals surface area (Å²) in [5.74, 6) is 0.0940. The molecule has 6 heteroatoms. The van der Waals surface area contributed by atoms with Crippen LogP contribution >= 0.6 is 0 Å². The molecule has 0 radical (unpaired) electrons. The summed E-state index contributed by atoms with van der Waals surface area (Å²) in [7, 11) is 2.02. The summed E-state index contributed by atoms with van der Waals surface area (Å²) in [6, 6.07) is 21.9. The second kappa shape index (κ2) is 10.3. The SMILES string of the molecule is Cc1c(Cc2cccc(OC(C)(C)C(=O)O)c2)c2ccc(C(=O)N[C@@H](C)c3cccc(C4CC4)c3)cc2n1C. The highest BCUT2D eigenvalue weighted by molar-refractivity contribution is 5.99. The maximum atomic E-state index is 13.2. The lowest BCUT2D eigenvalue weighted by atomic mass is 10.0. The highest BCUT2D eigenvalue weighted by Gasteiger charge is 2.29. The Hall–Kier alpha value is -4.06. The Labute approximate surface area is 229 Å². The van der Waals surface area contributed by atoms with E-state index in [9.17, 15) is 14.7 Å². The topological polar surface area (TPSA) is 80.6 Å². The van der Waals surface area contributed by atoms with Gasteiger partial charge in [0.1, 0.15) is 5.75 Å². The number of fused-ring (bicyclic) bond motifs is 1. The van der Waals surface area contributed by atoms with Crippen LogP contribution in [0.15, 0.2) is 66.7 Å². The van der Waals surface area contributed by atoms with E-state index < -0.39 is 11.6 Å². The summed E-state index contributed by atoms with van der Waals surface area (Å²) in [6.07, 6.45) is 3.17. The molecule has 3 aromatic carbocycles. The first kappa shape index (κ1) is 26.5. The highest BCUT2D eigenvalue weighted by Crippen LogP contribution is 2.40. The van der Waals surface area contributed by atoms with E-state index in [1.807, 2.05) is 50.4 Å². The summed E-state index contributed by atoms with van der Waals surface area (Å²) in [6.45, 7) is 7.19. The molecule has 1 amide bonds. The second-order valence-electron chi connectivity index (χ2n) is 11.2. The van der Waals surface area contributed by atoms with Crippen LogP contribution in [0.25, 0.3) is 10.9 Å². The first-order chi connectivity index (χ1) is 18.5. The zero-order valence-electron chi connectivity index (χ0n) is 23.2. The Bertz CT molecular complexity index is 1560. The highest BCUT2D eigenvalue weighted by atomic mass is 16.5. The number of ether oxygens (including phenoxy) is 1. The number of amides is 1. The Morgan fingerprint density at radius 2 is 1.82 bits per heavy atom. The molecule has 0 bridgehead atoms. The van der Waals surface area contributed by atoms with Crippen molar-refractivity contribution in [3.05, 3.63) is 100 Å². The summed E-state index contributed by atoms with van der Waals surface area (Å²) >= 11 is 0. The van der Waals surface area contributed by atoms with Crippen LogP contribution in [0.1, 0.15) is 83.9 Å². The van der Waals surface area contributed by atoms with Gasteiger partial charge in [0.05, 0.1) is 6.04 Å². The Kier molecular flexibility index (Phi) is 6.98. The van der Waals surface area contributed by atoms with Crippen molar-refractivity contribution in [2.75, 3.05) is 0 Å². The van der Waals surface area contributed by atoms with E-state index in [2.05, 4.69) is 41.1 Å². The third-order valence-electron chi connectivity index (χ3n) is 7.86. The summed E-state index contributed by atoms with van der Waals surface area (Å²) in [4.78, 5) is 24.7. The van der Waals surface area contributed by atoms with Crippen LogP contribution in [0.3, 0.4) is 0 Å². The van der Waals surface area contributed by atoms with Gasteiger partial charge in [-0.25, -0.2) is 4.79 Å². The number of hydrogen-bond acceptors (Lipinski definition) is 3. The predicted molar refractivity (Wildman–Crippen MR) is 154 cm³/mol. The van der Waals surface area contributed by atoms with Crippen LogP contribution in [-0.2, 0) is 18.3 Å². The quantitative estimate of drug-likeness (QED) is 0.256. The molecule has 1 aliphatic carbocycles. The second-order valence-corrected chi connectivity index (χ2v) is 11.2. The number of hydrogen-bond donors (Lipinski definition) is 2. The first-order valence-corrected chi connectivity index (χ1v) is 13.5. The first-order valence-electron chi connectivity index (χ1n) is 13.5. The smallest absolute Gasteiger partial charge is 0.347 e. The molecule has 1 heterocycles. The number of rotatable bonds is 9. The average Bonchev–Trinajstić information content (AvgIpc) is 3.73. The van der Waals surface area contributed by atoms with Gasteiger partial charge in [-0.2, -0.15) is 0 Å². The number of carboxylic acid groups (broad SMARTS) is 1. The maximum absolute atomic E-state index is 13.2. The minimum absolute atomic E-state index is 0.0850. The summed E-state index contributed by atoms with van der Waals surface area (Å²) < 4.78 is 7.87. The normalized spacial score (nSPS) is 14.3. The number of aliphatic carboxylic acids is 1. The lowest BCUT2D eigenvalue weighted by Crippen LogP contribution is -2.37. The van der Waals surface area contributed by atoms with Gasteiger partial charge in [-0.3, -0.25) is 4.79 Å². The standard InChI is InChI=1S/C33H36N2O4/c1-20(24-9-7-10-25(18-24)23-12-13-23)34-31(36)26-14-15-28-29(21(2)35(5)30(28)19-26)17-22-8-6-11-27(16-22)39-33(3,4)32(37)38/h6-11,14-16,18-20,23H,12-13,17H2,1-5H3,(H,34,36)(H,37,38)/t20-/m0/s1. The number of carboxylic acids is 1. The van der Waals surface area contributed by atoms with Gasteiger partial charge in [0.15, 0.2) is 5.60 Å². The zero-order chi connectivity index (χ0) is 27.9. The number of nitrogens with zero attached hydrogens (tertiary/aromatic N) is 1. The van der Waals surface area contributed by atoms with E-state index in [1.54, 1.807) is 6.07 Å². The number of nitrogens with one attached hydrogen (secondary N) is 1. The van der Waals surface area contributed by atoms with E-state index >= 15 is 0 Å². The molecule has 0 spiro atoms. The van der Waals surface area contributed by atoms with Crippen LogP contribution in [-0.4, -0.2) is 27.2 Å².